The zero-order valence-electron chi connectivity index (χ0n) is 9.42. The molecular weight excluding hydrogens is 256 g/mol. The maximum Gasteiger partial charge on any atom is 0.161 e. The monoisotopic (exact) mass is 272 g/mol. The zero-order valence-corrected chi connectivity index (χ0v) is 11.0. The van der Waals surface area contributed by atoms with Crippen LogP contribution in [0.25, 0.3) is 0 Å². The Balaban J connectivity index is 2.65. The molecule has 0 saturated carbocycles. The third-order valence-corrected chi connectivity index (χ3v) is 3.57. The summed E-state index contributed by atoms with van der Waals surface area (Å²) in [5.74, 6) is 1.58. The third-order valence-electron chi connectivity index (χ3n) is 2.05. The highest BCUT2D eigenvalue weighted by atomic mass is 79.9. The van der Waals surface area contributed by atoms with Crippen molar-refractivity contribution in [3.8, 4) is 11.5 Å². The summed E-state index contributed by atoms with van der Waals surface area (Å²) in [6.45, 7) is 4.97. The standard InChI is InChI=1S/C12H17BrO2/c1-12(2,8-13)9-15-11-7-5-4-6-10(11)14-3/h4-7H,8-9H2,1-3H3. The van der Waals surface area contributed by atoms with Crippen LogP contribution in [0.3, 0.4) is 0 Å². The molecule has 0 unspecified atom stereocenters. The Kier molecular flexibility index (Phi) is 4.45. The number of hydrogen-bond acceptors (Lipinski definition) is 2. The zero-order chi connectivity index (χ0) is 11.3. The van der Waals surface area contributed by atoms with E-state index in [-0.39, 0.29) is 5.41 Å². The number of hydrogen-bond donors (Lipinski definition) is 0. The van der Waals surface area contributed by atoms with E-state index < -0.39 is 0 Å². The molecule has 84 valence electrons. The molecule has 0 amide bonds. The lowest BCUT2D eigenvalue weighted by Crippen LogP contribution is -2.22. The van der Waals surface area contributed by atoms with E-state index in [1.54, 1.807) is 7.11 Å². The SMILES string of the molecule is COc1ccccc1OCC(C)(C)CBr. The molecule has 2 nitrogen and oxygen atoms in total. The average molecular weight is 273 g/mol. The summed E-state index contributed by atoms with van der Waals surface area (Å²) in [6.07, 6.45) is 0. The average Bonchev–Trinajstić information content (AvgIpc) is 2.27. The summed E-state index contributed by atoms with van der Waals surface area (Å²) in [4.78, 5) is 0. The third kappa shape index (κ3) is 3.74. The molecule has 0 aromatic heterocycles. The van der Waals surface area contributed by atoms with Crippen LogP contribution in [-0.4, -0.2) is 19.0 Å². The summed E-state index contributed by atoms with van der Waals surface area (Å²) in [5, 5.41) is 0.912. The van der Waals surface area contributed by atoms with Crippen molar-refractivity contribution in [2.75, 3.05) is 19.0 Å². The van der Waals surface area contributed by atoms with Gasteiger partial charge in [-0.3, -0.25) is 0 Å². The molecule has 0 aliphatic rings. The number of methoxy groups -OCH3 is 1. The molecular formula is C12H17BrO2. The second-order valence-electron chi connectivity index (χ2n) is 4.24. The Bertz CT molecular complexity index is 310. The van der Waals surface area contributed by atoms with Gasteiger partial charge in [-0.05, 0) is 12.1 Å². The molecule has 1 aromatic rings. The smallest absolute Gasteiger partial charge is 0.161 e. The highest BCUT2D eigenvalue weighted by molar-refractivity contribution is 9.09. The largest absolute Gasteiger partial charge is 0.493 e. The van der Waals surface area contributed by atoms with E-state index in [1.807, 2.05) is 24.3 Å². The van der Waals surface area contributed by atoms with E-state index in [1.165, 1.54) is 0 Å². The minimum atomic E-state index is 0.126. The van der Waals surface area contributed by atoms with Crippen LogP contribution >= 0.6 is 15.9 Å². The molecule has 1 rings (SSSR count). The van der Waals surface area contributed by atoms with Gasteiger partial charge in [0.25, 0.3) is 0 Å². The normalized spacial score (nSPS) is 11.2. The molecule has 0 saturated heterocycles. The van der Waals surface area contributed by atoms with Gasteiger partial charge in [0.2, 0.25) is 0 Å². The first-order chi connectivity index (χ1) is 7.09. The fourth-order valence-corrected chi connectivity index (χ4v) is 1.21. The summed E-state index contributed by atoms with van der Waals surface area (Å²) >= 11 is 3.47. The van der Waals surface area contributed by atoms with Crippen LogP contribution in [0.1, 0.15) is 13.8 Å². The van der Waals surface area contributed by atoms with Crippen molar-refractivity contribution < 1.29 is 9.47 Å². The Hall–Kier alpha value is -0.700. The van der Waals surface area contributed by atoms with Gasteiger partial charge in [0.1, 0.15) is 0 Å². The van der Waals surface area contributed by atoms with E-state index >= 15 is 0 Å². The number of alkyl halides is 1. The highest BCUT2D eigenvalue weighted by Gasteiger charge is 2.17. The van der Waals surface area contributed by atoms with Gasteiger partial charge in [-0.25, -0.2) is 0 Å². The molecule has 3 heteroatoms. The minimum absolute atomic E-state index is 0.126. The number of benzene rings is 1. The Morgan fingerprint density at radius 2 is 1.80 bits per heavy atom. The van der Waals surface area contributed by atoms with Crippen molar-refractivity contribution in [2.24, 2.45) is 5.41 Å². The molecule has 0 aliphatic carbocycles. The van der Waals surface area contributed by atoms with Crippen LogP contribution < -0.4 is 9.47 Å². The topological polar surface area (TPSA) is 18.5 Å². The second kappa shape index (κ2) is 5.40. The predicted molar refractivity (Wildman–Crippen MR) is 66.1 cm³/mol. The summed E-state index contributed by atoms with van der Waals surface area (Å²) < 4.78 is 10.9. The number of para-hydroxylation sites is 2. The Labute approximate surface area is 99.7 Å². The highest BCUT2D eigenvalue weighted by Crippen LogP contribution is 2.28. The molecule has 0 bridgehead atoms. The molecule has 0 radical (unpaired) electrons. The first-order valence-electron chi connectivity index (χ1n) is 4.91. The number of rotatable bonds is 5. The fourth-order valence-electron chi connectivity index (χ4n) is 1.05. The molecule has 0 spiro atoms. The summed E-state index contributed by atoms with van der Waals surface area (Å²) in [5.41, 5.74) is 0.126. The van der Waals surface area contributed by atoms with E-state index in [0.29, 0.717) is 6.61 Å². The van der Waals surface area contributed by atoms with Crippen LogP contribution in [0.4, 0.5) is 0 Å². The van der Waals surface area contributed by atoms with Crippen molar-refractivity contribution in [1.29, 1.82) is 0 Å². The molecule has 1 aromatic carbocycles. The maximum absolute atomic E-state index is 5.73. The Morgan fingerprint density at radius 3 is 2.33 bits per heavy atom. The van der Waals surface area contributed by atoms with Gasteiger partial charge in [-0.15, -0.1) is 0 Å². The van der Waals surface area contributed by atoms with Crippen molar-refractivity contribution in [1.82, 2.24) is 0 Å². The molecule has 0 aliphatic heterocycles. The van der Waals surface area contributed by atoms with Gasteiger partial charge >= 0.3 is 0 Å². The second-order valence-corrected chi connectivity index (χ2v) is 4.80. The van der Waals surface area contributed by atoms with E-state index in [4.69, 9.17) is 9.47 Å². The first-order valence-corrected chi connectivity index (χ1v) is 6.03. The minimum Gasteiger partial charge on any atom is -0.493 e. The van der Waals surface area contributed by atoms with Gasteiger partial charge in [-0.2, -0.15) is 0 Å². The fraction of sp³-hybridized carbons (Fsp3) is 0.500. The molecule has 0 fully saturated rings. The van der Waals surface area contributed by atoms with E-state index in [0.717, 1.165) is 16.8 Å². The molecule has 0 N–H and O–H groups in total. The maximum atomic E-state index is 5.73. The van der Waals surface area contributed by atoms with Gasteiger partial charge in [0, 0.05) is 10.7 Å². The summed E-state index contributed by atoms with van der Waals surface area (Å²) in [6, 6.07) is 7.69. The molecule has 0 atom stereocenters. The van der Waals surface area contributed by atoms with Crippen molar-refractivity contribution in [3.05, 3.63) is 24.3 Å². The molecule has 0 heterocycles. The van der Waals surface area contributed by atoms with Gasteiger partial charge < -0.3 is 9.47 Å². The first kappa shape index (κ1) is 12.4. The van der Waals surface area contributed by atoms with Crippen LogP contribution in [0, 0.1) is 5.41 Å². The van der Waals surface area contributed by atoms with Crippen molar-refractivity contribution in [2.45, 2.75) is 13.8 Å². The van der Waals surface area contributed by atoms with Crippen LogP contribution in [0.2, 0.25) is 0 Å². The Morgan fingerprint density at radius 1 is 1.20 bits per heavy atom. The lowest BCUT2D eigenvalue weighted by Gasteiger charge is -2.22. The van der Waals surface area contributed by atoms with E-state index in [9.17, 15) is 0 Å². The predicted octanol–water partition coefficient (Wildman–Crippen LogP) is 3.50. The van der Waals surface area contributed by atoms with Gasteiger partial charge in [0.15, 0.2) is 11.5 Å². The lowest BCUT2D eigenvalue weighted by atomic mass is 9.98. The number of halogens is 1. The van der Waals surface area contributed by atoms with Crippen LogP contribution in [0.15, 0.2) is 24.3 Å². The van der Waals surface area contributed by atoms with Crippen LogP contribution in [0.5, 0.6) is 11.5 Å². The van der Waals surface area contributed by atoms with Crippen LogP contribution in [-0.2, 0) is 0 Å². The van der Waals surface area contributed by atoms with Gasteiger partial charge in [0.05, 0.1) is 13.7 Å². The van der Waals surface area contributed by atoms with Crippen molar-refractivity contribution >= 4 is 15.9 Å². The molecule has 15 heavy (non-hydrogen) atoms. The van der Waals surface area contributed by atoms with E-state index in [2.05, 4.69) is 29.8 Å². The number of ether oxygens (including phenoxy) is 2. The van der Waals surface area contributed by atoms with Crippen molar-refractivity contribution in [3.63, 3.8) is 0 Å². The lowest BCUT2D eigenvalue weighted by molar-refractivity contribution is 0.196. The summed E-state index contributed by atoms with van der Waals surface area (Å²) in [7, 11) is 1.65. The quantitative estimate of drug-likeness (QED) is 0.764. The van der Waals surface area contributed by atoms with Gasteiger partial charge in [-0.1, -0.05) is 41.9 Å².